The van der Waals surface area contributed by atoms with Crippen LogP contribution in [0.1, 0.15) is 42.4 Å². The quantitative estimate of drug-likeness (QED) is 0.786. The van der Waals surface area contributed by atoms with Crippen molar-refractivity contribution in [3.05, 3.63) is 33.3 Å². The van der Waals surface area contributed by atoms with E-state index in [0.29, 0.717) is 6.42 Å². The van der Waals surface area contributed by atoms with Crippen molar-refractivity contribution in [3.63, 3.8) is 0 Å². The van der Waals surface area contributed by atoms with Gasteiger partial charge in [-0.1, -0.05) is 28.1 Å². The monoisotopic (exact) mass is 435 g/mol. The van der Waals surface area contributed by atoms with E-state index in [1.54, 1.807) is 0 Å². The standard InChI is InChI=1S/C22H34BrN3O/c1-15-12-17(13-16(2)21(15)23)14-20(24)22(27)26-10-6-19(7-11-26)18-4-8-25(3)9-5-18/h12-13,18-20H,4-11,14,24H2,1-3H3/t20-/m1/s1. The zero-order valence-electron chi connectivity index (χ0n) is 17.0. The molecular formula is C22H34BrN3O. The lowest BCUT2D eigenvalue weighted by Gasteiger charge is -2.40. The Labute approximate surface area is 172 Å². The lowest BCUT2D eigenvalue weighted by Crippen LogP contribution is -2.49. The predicted octanol–water partition coefficient (Wildman–Crippen LogP) is 3.52. The van der Waals surface area contributed by atoms with Crippen molar-refractivity contribution in [2.45, 2.75) is 52.0 Å². The van der Waals surface area contributed by atoms with Crippen LogP contribution in [0.5, 0.6) is 0 Å². The average Bonchev–Trinajstić information content (AvgIpc) is 2.66. The second-order valence-corrected chi connectivity index (χ2v) is 9.45. The summed E-state index contributed by atoms with van der Waals surface area (Å²) in [5.74, 6) is 1.76. The molecular weight excluding hydrogens is 402 g/mol. The van der Waals surface area contributed by atoms with Crippen LogP contribution in [0.15, 0.2) is 16.6 Å². The van der Waals surface area contributed by atoms with Gasteiger partial charge in [0.05, 0.1) is 6.04 Å². The fraction of sp³-hybridized carbons (Fsp3) is 0.682. The van der Waals surface area contributed by atoms with Gasteiger partial charge in [-0.25, -0.2) is 0 Å². The van der Waals surface area contributed by atoms with E-state index in [1.807, 2.05) is 4.90 Å². The number of piperidine rings is 2. The third kappa shape index (κ3) is 5.12. The molecule has 3 rings (SSSR count). The summed E-state index contributed by atoms with van der Waals surface area (Å²) < 4.78 is 1.14. The minimum atomic E-state index is -0.440. The highest BCUT2D eigenvalue weighted by atomic mass is 79.9. The van der Waals surface area contributed by atoms with Gasteiger partial charge in [0, 0.05) is 17.6 Å². The highest BCUT2D eigenvalue weighted by Gasteiger charge is 2.31. The van der Waals surface area contributed by atoms with Crippen LogP contribution in [0.3, 0.4) is 0 Å². The first-order valence-corrected chi connectivity index (χ1v) is 11.1. The molecule has 0 unspecified atom stereocenters. The summed E-state index contributed by atoms with van der Waals surface area (Å²) >= 11 is 3.60. The van der Waals surface area contributed by atoms with E-state index < -0.39 is 6.04 Å². The summed E-state index contributed by atoms with van der Waals surface area (Å²) in [5, 5.41) is 0. The molecule has 4 nitrogen and oxygen atoms in total. The van der Waals surface area contributed by atoms with Gasteiger partial charge in [0.15, 0.2) is 0 Å². The van der Waals surface area contributed by atoms with Crippen molar-refractivity contribution in [2.24, 2.45) is 17.6 Å². The van der Waals surface area contributed by atoms with Gasteiger partial charge in [-0.2, -0.15) is 0 Å². The maximum Gasteiger partial charge on any atom is 0.239 e. The molecule has 2 aliphatic heterocycles. The van der Waals surface area contributed by atoms with Crippen LogP contribution in [-0.2, 0) is 11.2 Å². The minimum Gasteiger partial charge on any atom is -0.341 e. The van der Waals surface area contributed by atoms with Crippen molar-refractivity contribution < 1.29 is 4.79 Å². The number of nitrogens with two attached hydrogens (primary N) is 1. The summed E-state index contributed by atoms with van der Waals surface area (Å²) in [5.41, 5.74) is 9.85. The summed E-state index contributed by atoms with van der Waals surface area (Å²) in [7, 11) is 2.22. The molecule has 2 heterocycles. The molecule has 0 spiro atoms. The molecule has 2 N–H and O–H groups in total. The van der Waals surface area contributed by atoms with Gasteiger partial charge in [-0.15, -0.1) is 0 Å². The Balaban J connectivity index is 1.51. The van der Waals surface area contributed by atoms with Crippen molar-refractivity contribution in [1.82, 2.24) is 9.80 Å². The number of amides is 1. The third-order valence-corrected chi connectivity index (χ3v) is 7.80. The molecule has 0 radical (unpaired) electrons. The Hall–Kier alpha value is -0.910. The van der Waals surface area contributed by atoms with Gasteiger partial charge in [-0.3, -0.25) is 4.79 Å². The molecule has 150 valence electrons. The predicted molar refractivity (Wildman–Crippen MR) is 115 cm³/mol. The first-order chi connectivity index (χ1) is 12.8. The molecule has 0 aliphatic carbocycles. The van der Waals surface area contributed by atoms with Gasteiger partial charge < -0.3 is 15.5 Å². The number of rotatable bonds is 4. The second kappa shape index (κ2) is 9.06. The fourth-order valence-electron chi connectivity index (χ4n) is 4.82. The number of hydrogen-bond donors (Lipinski definition) is 1. The van der Waals surface area contributed by atoms with Crippen molar-refractivity contribution in [2.75, 3.05) is 33.2 Å². The second-order valence-electron chi connectivity index (χ2n) is 8.66. The summed E-state index contributed by atoms with van der Waals surface area (Å²) in [4.78, 5) is 17.3. The molecule has 5 heteroatoms. The van der Waals surface area contributed by atoms with Crippen molar-refractivity contribution in [3.8, 4) is 0 Å². The molecule has 1 amide bonds. The molecule has 0 aromatic heterocycles. The topological polar surface area (TPSA) is 49.6 Å². The van der Waals surface area contributed by atoms with E-state index >= 15 is 0 Å². The third-order valence-electron chi connectivity index (χ3n) is 6.55. The summed E-state index contributed by atoms with van der Waals surface area (Å²) in [6.45, 7) is 8.37. The van der Waals surface area contributed by atoms with E-state index in [1.165, 1.54) is 37.1 Å². The average molecular weight is 436 g/mol. The molecule has 1 aromatic carbocycles. The van der Waals surface area contributed by atoms with E-state index in [0.717, 1.165) is 47.8 Å². The van der Waals surface area contributed by atoms with Crippen LogP contribution < -0.4 is 5.73 Å². The van der Waals surface area contributed by atoms with E-state index in [9.17, 15) is 4.79 Å². The van der Waals surface area contributed by atoms with Crippen LogP contribution in [0.2, 0.25) is 0 Å². The van der Waals surface area contributed by atoms with Gasteiger partial charge in [0.25, 0.3) is 0 Å². The highest BCUT2D eigenvalue weighted by Crippen LogP contribution is 2.32. The number of likely N-dealkylation sites (tertiary alicyclic amines) is 2. The number of benzene rings is 1. The zero-order chi connectivity index (χ0) is 19.6. The van der Waals surface area contributed by atoms with E-state index in [-0.39, 0.29) is 5.91 Å². The molecule has 0 bridgehead atoms. The Morgan fingerprint density at radius 3 is 2.07 bits per heavy atom. The number of aryl methyl sites for hydroxylation is 2. The molecule has 0 saturated carbocycles. The zero-order valence-corrected chi connectivity index (χ0v) is 18.6. The Morgan fingerprint density at radius 1 is 1.07 bits per heavy atom. The molecule has 2 fully saturated rings. The van der Waals surface area contributed by atoms with Gasteiger partial charge in [-0.05, 0) is 94.6 Å². The first kappa shape index (κ1) is 20.8. The van der Waals surface area contributed by atoms with Crippen molar-refractivity contribution in [1.29, 1.82) is 0 Å². The smallest absolute Gasteiger partial charge is 0.239 e. The van der Waals surface area contributed by atoms with E-state index in [2.05, 4.69) is 53.9 Å². The first-order valence-electron chi connectivity index (χ1n) is 10.3. The molecule has 27 heavy (non-hydrogen) atoms. The Morgan fingerprint density at radius 2 is 1.56 bits per heavy atom. The molecule has 2 saturated heterocycles. The molecule has 1 aromatic rings. The minimum absolute atomic E-state index is 0.120. The van der Waals surface area contributed by atoms with Crippen LogP contribution >= 0.6 is 15.9 Å². The fourth-order valence-corrected chi connectivity index (χ4v) is 5.05. The van der Waals surface area contributed by atoms with Gasteiger partial charge in [0.1, 0.15) is 0 Å². The van der Waals surface area contributed by atoms with Gasteiger partial charge in [0.2, 0.25) is 5.91 Å². The highest BCUT2D eigenvalue weighted by molar-refractivity contribution is 9.10. The maximum atomic E-state index is 12.9. The van der Waals surface area contributed by atoms with Crippen LogP contribution in [0, 0.1) is 25.7 Å². The Bertz CT molecular complexity index is 639. The molecule has 1 atom stereocenters. The summed E-state index contributed by atoms with van der Waals surface area (Å²) in [6, 6.07) is 3.83. The number of carbonyl (C=O) groups is 1. The number of carbonyl (C=O) groups excluding carboxylic acids is 1. The van der Waals surface area contributed by atoms with Crippen molar-refractivity contribution >= 4 is 21.8 Å². The van der Waals surface area contributed by atoms with Crippen LogP contribution in [0.4, 0.5) is 0 Å². The molecule has 2 aliphatic rings. The SMILES string of the molecule is Cc1cc(C[C@@H](N)C(=O)N2CCC(C3CCN(C)CC3)CC2)cc(C)c1Br. The maximum absolute atomic E-state index is 12.9. The number of nitrogens with zero attached hydrogens (tertiary/aromatic N) is 2. The van der Waals surface area contributed by atoms with Crippen LogP contribution in [0.25, 0.3) is 0 Å². The lowest BCUT2D eigenvalue weighted by molar-refractivity contribution is -0.134. The van der Waals surface area contributed by atoms with Gasteiger partial charge >= 0.3 is 0 Å². The van der Waals surface area contributed by atoms with Crippen LogP contribution in [-0.4, -0.2) is 55.0 Å². The lowest BCUT2D eigenvalue weighted by atomic mass is 9.79. The normalized spacial score (nSPS) is 21.4. The Kier molecular flexibility index (Phi) is 6.98. The van der Waals surface area contributed by atoms with E-state index in [4.69, 9.17) is 5.73 Å². The number of hydrogen-bond acceptors (Lipinski definition) is 3. The largest absolute Gasteiger partial charge is 0.341 e. The number of halogens is 1. The summed E-state index contributed by atoms with van der Waals surface area (Å²) in [6.07, 6.45) is 5.53.